The number of hydrogen-bond donors (Lipinski definition) is 1. The van der Waals surface area contributed by atoms with Gasteiger partial charge in [0.15, 0.2) is 5.54 Å². The lowest BCUT2D eigenvalue weighted by molar-refractivity contribution is -0.162. The van der Waals surface area contributed by atoms with E-state index in [1.165, 1.54) is 12.0 Å². The van der Waals surface area contributed by atoms with Crippen LogP contribution in [0.4, 0.5) is 5.69 Å². The van der Waals surface area contributed by atoms with Crippen LogP contribution in [0, 0.1) is 5.92 Å². The zero-order valence-electron chi connectivity index (χ0n) is 14.2. The SMILES string of the molecule is COC(=O)[C@H]1C[C@@H]2C(=O)N[C@@]1(c1ccccc1)C(=O)N2c1ccccc1. The number of nitrogens with zero attached hydrogens (tertiary/aromatic N) is 1. The predicted octanol–water partition coefficient (Wildman–Crippen LogP) is 1.61. The van der Waals surface area contributed by atoms with Gasteiger partial charge in [-0.3, -0.25) is 19.3 Å². The third-order valence-electron chi connectivity index (χ3n) is 5.22. The Hall–Kier alpha value is -3.15. The van der Waals surface area contributed by atoms with Crippen LogP contribution in [0.3, 0.4) is 0 Å². The summed E-state index contributed by atoms with van der Waals surface area (Å²) in [6.07, 6.45) is 0.216. The Morgan fingerprint density at radius 3 is 2.31 bits per heavy atom. The Kier molecular flexibility index (Phi) is 3.76. The van der Waals surface area contributed by atoms with Gasteiger partial charge in [0.2, 0.25) is 5.91 Å². The van der Waals surface area contributed by atoms with Crippen molar-refractivity contribution in [3.05, 3.63) is 66.2 Å². The first-order valence-corrected chi connectivity index (χ1v) is 8.43. The fraction of sp³-hybridized carbons (Fsp3) is 0.250. The number of piperazine rings is 1. The molecule has 2 bridgehead atoms. The second-order valence-electron chi connectivity index (χ2n) is 6.50. The molecule has 6 heteroatoms. The highest BCUT2D eigenvalue weighted by Crippen LogP contribution is 2.46. The molecule has 3 aliphatic rings. The maximum Gasteiger partial charge on any atom is 0.312 e. The number of rotatable bonds is 3. The molecule has 26 heavy (non-hydrogen) atoms. The lowest BCUT2D eigenvalue weighted by Gasteiger charge is -2.54. The number of para-hydroxylation sites is 1. The number of esters is 1. The van der Waals surface area contributed by atoms with E-state index >= 15 is 0 Å². The molecule has 0 aromatic heterocycles. The topological polar surface area (TPSA) is 75.7 Å². The summed E-state index contributed by atoms with van der Waals surface area (Å²) in [6.45, 7) is 0. The molecule has 2 aromatic carbocycles. The molecule has 3 fully saturated rings. The van der Waals surface area contributed by atoms with Gasteiger partial charge in [-0.1, -0.05) is 48.5 Å². The van der Waals surface area contributed by atoms with Crippen LogP contribution in [0.15, 0.2) is 60.7 Å². The average Bonchev–Trinajstić information content (AvgIpc) is 2.69. The smallest absolute Gasteiger partial charge is 0.312 e. The molecule has 1 N–H and O–H groups in total. The van der Waals surface area contributed by atoms with Crippen LogP contribution in [0.2, 0.25) is 0 Å². The van der Waals surface area contributed by atoms with E-state index in [2.05, 4.69) is 5.32 Å². The number of amides is 2. The van der Waals surface area contributed by atoms with E-state index in [-0.39, 0.29) is 18.2 Å². The second kappa shape index (κ2) is 5.98. The van der Waals surface area contributed by atoms with Crippen molar-refractivity contribution in [3.8, 4) is 0 Å². The minimum atomic E-state index is -1.46. The normalized spacial score (nSPS) is 27.2. The Morgan fingerprint density at radius 2 is 1.69 bits per heavy atom. The number of benzene rings is 2. The Morgan fingerprint density at radius 1 is 1.08 bits per heavy atom. The first kappa shape index (κ1) is 16.3. The number of piperidine rings is 2. The minimum absolute atomic E-state index is 0.216. The molecule has 2 aromatic rings. The van der Waals surface area contributed by atoms with Crippen molar-refractivity contribution >= 4 is 23.5 Å². The van der Waals surface area contributed by atoms with Gasteiger partial charge in [-0.25, -0.2) is 0 Å². The quantitative estimate of drug-likeness (QED) is 0.854. The van der Waals surface area contributed by atoms with E-state index in [1.807, 2.05) is 24.3 Å². The molecule has 0 spiro atoms. The number of ether oxygens (including phenoxy) is 1. The van der Waals surface area contributed by atoms with Gasteiger partial charge in [-0.15, -0.1) is 0 Å². The van der Waals surface area contributed by atoms with Crippen molar-refractivity contribution < 1.29 is 19.1 Å². The number of anilines is 1. The first-order valence-electron chi connectivity index (χ1n) is 8.43. The molecule has 6 nitrogen and oxygen atoms in total. The number of nitrogens with one attached hydrogen (secondary N) is 1. The Labute approximate surface area is 150 Å². The largest absolute Gasteiger partial charge is 0.469 e. The molecular formula is C20H18N2O4. The van der Waals surface area contributed by atoms with Crippen LogP contribution in [-0.4, -0.2) is 30.9 Å². The summed E-state index contributed by atoms with van der Waals surface area (Å²) >= 11 is 0. The molecular weight excluding hydrogens is 332 g/mol. The van der Waals surface area contributed by atoms with Gasteiger partial charge >= 0.3 is 5.97 Å². The van der Waals surface area contributed by atoms with Gasteiger partial charge in [-0.2, -0.15) is 0 Å². The number of hydrogen-bond acceptors (Lipinski definition) is 4. The second-order valence-corrected chi connectivity index (χ2v) is 6.50. The van der Waals surface area contributed by atoms with Gasteiger partial charge in [0.05, 0.1) is 13.0 Å². The van der Waals surface area contributed by atoms with Gasteiger partial charge in [0.25, 0.3) is 5.91 Å². The highest BCUT2D eigenvalue weighted by molar-refractivity contribution is 6.14. The van der Waals surface area contributed by atoms with Gasteiger partial charge in [0.1, 0.15) is 6.04 Å². The lowest BCUT2D eigenvalue weighted by Crippen LogP contribution is -2.77. The molecule has 3 atom stereocenters. The van der Waals surface area contributed by atoms with Gasteiger partial charge in [-0.05, 0) is 24.1 Å². The molecule has 3 saturated heterocycles. The van der Waals surface area contributed by atoms with Crippen LogP contribution in [0.25, 0.3) is 0 Å². The Bertz CT molecular complexity index is 868. The third-order valence-corrected chi connectivity index (χ3v) is 5.22. The van der Waals surface area contributed by atoms with Gasteiger partial charge in [0, 0.05) is 5.69 Å². The summed E-state index contributed by atoms with van der Waals surface area (Å²) in [5, 5.41) is 2.83. The number of fused-ring (bicyclic) bond motifs is 3. The van der Waals surface area contributed by atoms with E-state index in [1.54, 1.807) is 36.4 Å². The average molecular weight is 350 g/mol. The number of carbonyl (C=O) groups excluding carboxylic acids is 3. The molecule has 3 aliphatic heterocycles. The maximum atomic E-state index is 13.6. The van der Waals surface area contributed by atoms with E-state index in [4.69, 9.17) is 4.74 Å². The van der Waals surface area contributed by atoms with E-state index < -0.39 is 23.5 Å². The maximum absolute atomic E-state index is 13.6. The van der Waals surface area contributed by atoms with Crippen molar-refractivity contribution in [3.63, 3.8) is 0 Å². The molecule has 0 aliphatic carbocycles. The third kappa shape index (κ3) is 2.15. The monoisotopic (exact) mass is 350 g/mol. The summed E-state index contributed by atoms with van der Waals surface area (Å²) in [7, 11) is 1.30. The van der Waals surface area contributed by atoms with Crippen molar-refractivity contribution in [1.29, 1.82) is 0 Å². The van der Waals surface area contributed by atoms with Crippen LogP contribution in [0.5, 0.6) is 0 Å². The van der Waals surface area contributed by atoms with Crippen molar-refractivity contribution in [1.82, 2.24) is 5.32 Å². The highest BCUT2D eigenvalue weighted by Gasteiger charge is 2.64. The fourth-order valence-electron chi connectivity index (χ4n) is 4.03. The molecule has 3 heterocycles. The van der Waals surface area contributed by atoms with Crippen LogP contribution in [0.1, 0.15) is 12.0 Å². The van der Waals surface area contributed by atoms with Crippen LogP contribution >= 0.6 is 0 Å². The lowest BCUT2D eigenvalue weighted by atomic mass is 9.67. The van der Waals surface area contributed by atoms with Gasteiger partial charge < -0.3 is 10.1 Å². The van der Waals surface area contributed by atoms with Crippen LogP contribution in [-0.2, 0) is 24.7 Å². The summed E-state index contributed by atoms with van der Waals surface area (Å²) in [6, 6.07) is 17.2. The summed E-state index contributed by atoms with van der Waals surface area (Å²) < 4.78 is 4.95. The zero-order valence-corrected chi connectivity index (χ0v) is 14.2. The summed E-state index contributed by atoms with van der Waals surface area (Å²) in [5.41, 5.74) is -0.246. The first-order chi connectivity index (χ1) is 12.6. The molecule has 0 saturated carbocycles. The minimum Gasteiger partial charge on any atom is -0.469 e. The van der Waals surface area contributed by atoms with Crippen molar-refractivity contribution in [2.45, 2.75) is 18.0 Å². The predicted molar refractivity (Wildman–Crippen MR) is 94.1 cm³/mol. The standard InChI is InChI=1S/C20H18N2O4/c1-26-18(24)15-12-16-17(23)21-20(15,13-8-4-2-5-9-13)19(25)22(16)14-10-6-3-7-11-14/h2-11,15-16H,12H2,1H3,(H,21,23)/t15-,16-,20-/m1/s1. The molecule has 2 amide bonds. The van der Waals surface area contributed by atoms with Crippen molar-refractivity contribution in [2.24, 2.45) is 5.92 Å². The summed E-state index contributed by atoms with van der Waals surface area (Å²) in [4.78, 5) is 40.3. The molecule has 132 valence electrons. The van der Waals surface area contributed by atoms with E-state index in [9.17, 15) is 14.4 Å². The molecule has 5 rings (SSSR count). The number of carbonyl (C=O) groups is 3. The Balaban J connectivity index is 1.91. The van der Waals surface area contributed by atoms with E-state index in [0.717, 1.165) is 0 Å². The number of methoxy groups -OCH3 is 1. The fourth-order valence-corrected chi connectivity index (χ4v) is 4.03. The summed E-state index contributed by atoms with van der Waals surface area (Å²) in [5.74, 6) is -1.86. The zero-order chi connectivity index (χ0) is 18.3. The molecule has 0 unspecified atom stereocenters. The van der Waals surface area contributed by atoms with E-state index in [0.29, 0.717) is 11.3 Å². The van der Waals surface area contributed by atoms with Crippen molar-refractivity contribution in [2.75, 3.05) is 12.0 Å². The molecule has 0 radical (unpaired) electrons. The highest BCUT2D eigenvalue weighted by atomic mass is 16.5. The van der Waals surface area contributed by atoms with Crippen LogP contribution < -0.4 is 10.2 Å².